The van der Waals surface area contributed by atoms with Gasteiger partial charge in [-0.05, 0) is 6.07 Å². The van der Waals surface area contributed by atoms with Gasteiger partial charge in [-0.2, -0.15) is 0 Å². The minimum Gasteiger partial charge on any atom is -0.508 e. The van der Waals surface area contributed by atoms with Crippen molar-refractivity contribution in [2.45, 2.75) is 6.54 Å². The number of methoxy groups -OCH3 is 1. The van der Waals surface area contributed by atoms with Crippen LogP contribution in [-0.2, 0) is 16.1 Å². The Balaban J connectivity index is 2.71. The van der Waals surface area contributed by atoms with E-state index in [-0.39, 0.29) is 24.6 Å². The molecule has 1 aromatic rings. The summed E-state index contributed by atoms with van der Waals surface area (Å²) < 4.78 is 4.90. The lowest BCUT2D eigenvalue weighted by Gasteiger charge is -2.20. The second kappa shape index (κ2) is 6.83. The highest BCUT2D eigenvalue weighted by molar-refractivity contribution is 5.69. The van der Waals surface area contributed by atoms with Gasteiger partial charge < -0.3 is 20.1 Å². The Hall–Kier alpha value is -1.79. The number of hydrogen-bond acceptors (Lipinski definition) is 5. The van der Waals surface area contributed by atoms with E-state index in [4.69, 9.17) is 9.84 Å². The second-order valence-corrected chi connectivity index (χ2v) is 3.91. The average Bonchev–Trinajstić information content (AvgIpc) is 2.29. The van der Waals surface area contributed by atoms with Crippen molar-refractivity contribution < 1.29 is 24.9 Å². The maximum absolute atomic E-state index is 10.7. The number of benzene rings is 1. The van der Waals surface area contributed by atoms with E-state index in [1.165, 1.54) is 19.2 Å². The van der Waals surface area contributed by atoms with E-state index in [9.17, 15) is 15.0 Å². The molecule has 0 saturated heterocycles. The predicted molar refractivity (Wildman–Crippen MR) is 64.6 cm³/mol. The number of carbonyl (C=O) groups is 1. The van der Waals surface area contributed by atoms with Crippen LogP contribution in [0.1, 0.15) is 5.56 Å². The van der Waals surface area contributed by atoms with Gasteiger partial charge in [-0.1, -0.05) is 6.07 Å². The topological polar surface area (TPSA) is 90.2 Å². The molecule has 3 N–H and O–H groups in total. The Morgan fingerprint density at radius 1 is 1.39 bits per heavy atom. The lowest BCUT2D eigenvalue weighted by molar-refractivity contribution is -0.138. The fourth-order valence-corrected chi connectivity index (χ4v) is 1.55. The molecule has 0 aliphatic heterocycles. The SMILES string of the molecule is COCCN(CC(=O)O)Cc1ccc(O)cc1O. The molecule has 18 heavy (non-hydrogen) atoms. The first-order valence-electron chi connectivity index (χ1n) is 5.47. The molecule has 1 rings (SSSR count). The number of hydrogen-bond donors (Lipinski definition) is 3. The van der Waals surface area contributed by atoms with Crippen molar-refractivity contribution in [3.05, 3.63) is 23.8 Å². The van der Waals surface area contributed by atoms with E-state index < -0.39 is 5.97 Å². The molecule has 0 heterocycles. The summed E-state index contributed by atoms with van der Waals surface area (Å²) in [5.41, 5.74) is 0.560. The largest absolute Gasteiger partial charge is 0.508 e. The molecule has 0 spiro atoms. The molecule has 0 aliphatic rings. The molecule has 1 aromatic carbocycles. The standard InChI is InChI=1S/C12H17NO5/c1-18-5-4-13(8-12(16)17)7-9-2-3-10(14)6-11(9)15/h2-3,6,14-15H,4-5,7-8H2,1H3,(H,16,17). The summed E-state index contributed by atoms with van der Waals surface area (Å²) in [6.07, 6.45) is 0. The highest BCUT2D eigenvalue weighted by Crippen LogP contribution is 2.23. The highest BCUT2D eigenvalue weighted by Gasteiger charge is 2.12. The van der Waals surface area contributed by atoms with Crippen molar-refractivity contribution >= 4 is 5.97 Å². The van der Waals surface area contributed by atoms with Crippen LogP contribution in [0.4, 0.5) is 0 Å². The van der Waals surface area contributed by atoms with Crippen LogP contribution < -0.4 is 0 Å². The van der Waals surface area contributed by atoms with Crippen LogP contribution in [0.3, 0.4) is 0 Å². The zero-order chi connectivity index (χ0) is 13.5. The van der Waals surface area contributed by atoms with Crippen LogP contribution in [0.15, 0.2) is 18.2 Å². The van der Waals surface area contributed by atoms with E-state index in [0.29, 0.717) is 18.7 Å². The molecular weight excluding hydrogens is 238 g/mol. The first-order chi connectivity index (χ1) is 8.52. The predicted octanol–water partition coefficient (Wildman–Crippen LogP) is 0.631. The molecule has 6 nitrogen and oxygen atoms in total. The summed E-state index contributed by atoms with van der Waals surface area (Å²) >= 11 is 0. The van der Waals surface area contributed by atoms with Gasteiger partial charge in [0.25, 0.3) is 0 Å². The third kappa shape index (κ3) is 4.60. The third-order valence-corrected chi connectivity index (χ3v) is 2.43. The molecule has 100 valence electrons. The summed E-state index contributed by atoms with van der Waals surface area (Å²) in [7, 11) is 1.54. The molecule has 0 aliphatic carbocycles. The molecule has 0 unspecified atom stereocenters. The Kier molecular flexibility index (Phi) is 5.41. The van der Waals surface area contributed by atoms with Crippen LogP contribution in [0.2, 0.25) is 0 Å². The summed E-state index contributed by atoms with van der Waals surface area (Å²) in [5.74, 6) is -1.02. The zero-order valence-corrected chi connectivity index (χ0v) is 10.2. The molecule has 0 radical (unpaired) electrons. The molecule has 0 aromatic heterocycles. The summed E-state index contributed by atoms with van der Waals surface area (Å²) in [4.78, 5) is 12.4. The summed E-state index contributed by atoms with van der Waals surface area (Å²) in [6, 6.07) is 4.24. The monoisotopic (exact) mass is 255 g/mol. The smallest absolute Gasteiger partial charge is 0.317 e. The third-order valence-electron chi connectivity index (χ3n) is 2.43. The van der Waals surface area contributed by atoms with Crippen molar-refractivity contribution in [3.8, 4) is 11.5 Å². The van der Waals surface area contributed by atoms with Gasteiger partial charge in [0.15, 0.2) is 0 Å². The fourth-order valence-electron chi connectivity index (χ4n) is 1.55. The van der Waals surface area contributed by atoms with E-state index in [1.807, 2.05) is 0 Å². The van der Waals surface area contributed by atoms with E-state index >= 15 is 0 Å². The Labute approximate surface area is 105 Å². The van der Waals surface area contributed by atoms with E-state index in [0.717, 1.165) is 0 Å². The van der Waals surface area contributed by atoms with Crippen molar-refractivity contribution in [2.24, 2.45) is 0 Å². The van der Waals surface area contributed by atoms with Gasteiger partial charge in [-0.15, -0.1) is 0 Å². The Morgan fingerprint density at radius 3 is 2.67 bits per heavy atom. The van der Waals surface area contributed by atoms with Crippen molar-refractivity contribution in [1.29, 1.82) is 0 Å². The van der Waals surface area contributed by atoms with Gasteiger partial charge in [0.05, 0.1) is 13.2 Å². The quantitative estimate of drug-likeness (QED) is 0.662. The van der Waals surface area contributed by atoms with Gasteiger partial charge in [0.2, 0.25) is 0 Å². The van der Waals surface area contributed by atoms with Gasteiger partial charge in [0.1, 0.15) is 11.5 Å². The number of aliphatic carboxylic acids is 1. The number of nitrogens with zero attached hydrogens (tertiary/aromatic N) is 1. The summed E-state index contributed by atoms with van der Waals surface area (Å²) in [5, 5.41) is 27.6. The van der Waals surface area contributed by atoms with Gasteiger partial charge in [-0.25, -0.2) is 0 Å². The van der Waals surface area contributed by atoms with Crippen LogP contribution in [0.25, 0.3) is 0 Å². The van der Waals surface area contributed by atoms with Crippen LogP contribution in [0, 0.1) is 0 Å². The number of rotatable bonds is 7. The molecule has 0 atom stereocenters. The average molecular weight is 255 g/mol. The normalized spacial score (nSPS) is 10.8. The molecule has 6 heteroatoms. The number of phenols is 2. The number of ether oxygens (including phenoxy) is 1. The van der Waals surface area contributed by atoms with Crippen molar-refractivity contribution in [3.63, 3.8) is 0 Å². The van der Waals surface area contributed by atoms with Crippen LogP contribution in [0.5, 0.6) is 11.5 Å². The first-order valence-corrected chi connectivity index (χ1v) is 5.47. The van der Waals surface area contributed by atoms with Gasteiger partial charge in [-0.3, -0.25) is 9.69 Å². The molecule has 0 amide bonds. The number of carboxylic acid groups (broad SMARTS) is 1. The van der Waals surface area contributed by atoms with E-state index in [1.54, 1.807) is 11.0 Å². The van der Waals surface area contributed by atoms with Crippen LogP contribution in [-0.4, -0.2) is 53.0 Å². The van der Waals surface area contributed by atoms with Gasteiger partial charge in [0, 0.05) is 31.8 Å². The molecule has 0 fully saturated rings. The Bertz CT molecular complexity index is 407. The minimum absolute atomic E-state index is 0.0297. The minimum atomic E-state index is -0.940. The first kappa shape index (κ1) is 14.3. The number of phenolic OH excluding ortho intramolecular Hbond substituents is 2. The maximum Gasteiger partial charge on any atom is 0.317 e. The highest BCUT2D eigenvalue weighted by atomic mass is 16.5. The fraction of sp³-hybridized carbons (Fsp3) is 0.417. The summed E-state index contributed by atoms with van der Waals surface area (Å²) in [6.45, 7) is 1.00. The zero-order valence-electron chi connectivity index (χ0n) is 10.2. The lowest BCUT2D eigenvalue weighted by atomic mass is 10.1. The number of aromatic hydroxyl groups is 2. The molecular formula is C12H17NO5. The Morgan fingerprint density at radius 2 is 2.11 bits per heavy atom. The molecule has 0 bridgehead atoms. The van der Waals surface area contributed by atoms with Gasteiger partial charge >= 0.3 is 5.97 Å². The molecule has 0 saturated carbocycles. The second-order valence-electron chi connectivity index (χ2n) is 3.91. The lowest BCUT2D eigenvalue weighted by Crippen LogP contribution is -2.32. The maximum atomic E-state index is 10.7. The number of carboxylic acids is 1. The van der Waals surface area contributed by atoms with Crippen molar-refractivity contribution in [1.82, 2.24) is 4.90 Å². The van der Waals surface area contributed by atoms with Crippen molar-refractivity contribution in [2.75, 3.05) is 26.8 Å². The van der Waals surface area contributed by atoms with E-state index in [2.05, 4.69) is 0 Å². The van der Waals surface area contributed by atoms with Crippen LogP contribution >= 0.6 is 0 Å².